The Morgan fingerprint density at radius 2 is 2.06 bits per heavy atom. The molecule has 92 valence electrons. The summed E-state index contributed by atoms with van der Waals surface area (Å²) in [6.07, 6.45) is -0.275. The van der Waals surface area contributed by atoms with Crippen molar-refractivity contribution in [2.45, 2.75) is 23.1 Å². The highest BCUT2D eigenvalue weighted by molar-refractivity contribution is 8.01. The van der Waals surface area contributed by atoms with Crippen molar-refractivity contribution in [1.82, 2.24) is 0 Å². The monoisotopic (exact) mass is 266 g/mol. The normalized spacial score (nSPS) is 45.6. The van der Waals surface area contributed by atoms with E-state index in [-0.39, 0.29) is 23.1 Å². The number of ether oxygens (including phenoxy) is 4. The molecule has 0 aromatic rings. The van der Waals surface area contributed by atoms with Crippen LogP contribution in [0.15, 0.2) is 0 Å². The summed E-state index contributed by atoms with van der Waals surface area (Å²) in [6, 6.07) is 0. The second-order valence-electron chi connectivity index (χ2n) is 3.89. The van der Waals surface area contributed by atoms with Crippen LogP contribution in [0.25, 0.3) is 0 Å². The van der Waals surface area contributed by atoms with Gasteiger partial charge in [-0.2, -0.15) is 0 Å². The average Bonchev–Trinajstić information content (AvgIpc) is 2.96. The van der Waals surface area contributed by atoms with Gasteiger partial charge in [0.15, 0.2) is 17.0 Å². The molecular formula is C9H14O5S2. The van der Waals surface area contributed by atoms with E-state index < -0.39 is 11.2 Å². The number of thioether (sulfide) groups is 1. The molecule has 0 spiro atoms. The summed E-state index contributed by atoms with van der Waals surface area (Å²) in [7, 11) is 0. The molecule has 3 aliphatic heterocycles. The van der Waals surface area contributed by atoms with Crippen molar-refractivity contribution >= 4 is 22.9 Å². The molecule has 0 radical (unpaired) electrons. The Kier molecular flexibility index (Phi) is 3.63. The Labute approximate surface area is 101 Å². The van der Waals surface area contributed by atoms with Crippen LogP contribution in [0.1, 0.15) is 0 Å². The van der Waals surface area contributed by atoms with Crippen LogP contribution in [0.2, 0.25) is 0 Å². The zero-order chi connectivity index (χ0) is 11.0. The Hall–Kier alpha value is 0.500. The molecule has 0 aromatic carbocycles. The number of hydrogen-bond donors (Lipinski definition) is 0. The second kappa shape index (κ2) is 5.01. The lowest BCUT2D eigenvalue weighted by Gasteiger charge is -2.20. The summed E-state index contributed by atoms with van der Waals surface area (Å²) in [6.45, 7) is 1.81. The van der Waals surface area contributed by atoms with Gasteiger partial charge in [0.25, 0.3) is 0 Å². The molecule has 0 N–H and O–H groups in total. The van der Waals surface area contributed by atoms with Crippen molar-refractivity contribution in [3.05, 3.63) is 0 Å². The zero-order valence-corrected chi connectivity index (χ0v) is 10.3. The van der Waals surface area contributed by atoms with Crippen molar-refractivity contribution in [2.24, 2.45) is 0 Å². The molecule has 3 fully saturated rings. The third-order valence-corrected chi connectivity index (χ3v) is 5.73. The van der Waals surface area contributed by atoms with Gasteiger partial charge in [-0.1, -0.05) is 0 Å². The van der Waals surface area contributed by atoms with Gasteiger partial charge in [-0.05, 0) is 11.2 Å². The topological polar surface area (TPSA) is 60.0 Å². The van der Waals surface area contributed by atoms with E-state index in [1.807, 2.05) is 0 Å². The SMILES string of the molecule is [O-][S+]1COCC1C1OC(C2OCCO2)CS1. The highest BCUT2D eigenvalue weighted by atomic mass is 32.2. The average molecular weight is 266 g/mol. The van der Waals surface area contributed by atoms with Gasteiger partial charge >= 0.3 is 0 Å². The molecule has 0 amide bonds. The van der Waals surface area contributed by atoms with Crippen molar-refractivity contribution in [2.75, 3.05) is 31.5 Å². The van der Waals surface area contributed by atoms with E-state index in [0.29, 0.717) is 25.8 Å². The minimum Gasteiger partial charge on any atom is -0.614 e. The van der Waals surface area contributed by atoms with E-state index >= 15 is 0 Å². The third-order valence-electron chi connectivity index (χ3n) is 2.81. The highest BCUT2D eigenvalue weighted by Gasteiger charge is 2.45. The quantitative estimate of drug-likeness (QED) is 0.652. The molecule has 0 aliphatic carbocycles. The molecule has 4 unspecified atom stereocenters. The van der Waals surface area contributed by atoms with Gasteiger partial charge in [-0.25, -0.2) is 0 Å². The Bertz CT molecular complexity index is 248. The van der Waals surface area contributed by atoms with E-state index in [9.17, 15) is 4.55 Å². The molecule has 4 atom stereocenters. The molecule has 3 rings (SSSR count). The van der Waals surface area contributed by atoms with Crippen LogP contribution in [-0.2, 0) is 30.1 Å². The first-order valence-electron chi connectivity index (χ1n) is 5.30. The van der Waals surface area contributed by atoms with E-state index in [0.717, 1.165) is 5.75 Å². The van der Waals surface area contributed by atoms with Crippen molar-refractivity contribution in [1.29, 1.82) is 0 Å². The first kappa shape index (κ1) is 11.6. The maximum Gasteiger partial charge on any atom is 0.206 e. The van der Waals surface area contributed by atoms with Gasteiger partial charge in [0, 0.05) is 5.75 Å². The van der Waals surface area contributed by atoms with Gasteiger partial charge in [0.2, 0.25) is 5.94 Å². The Morgan fingerprint density at radius 3 is 2.75 bits per heavy atom. The van der Waals surface area contributed by atoms with Crippen LogP contribution in [0.3, 0.4) is 0 Å². The predicted molar refractivity (Wildman–Crippen MR) is 59.6 cm³/mol. The van der Waals surface area contributed by atoms with E-state index in [2.05, 4.69) is 0 Å². The largest absolute Gasteiger partial charge is 0.614 e. The van der Waals surface area contributed by atoms with Gasteiger partial charge in [0.05, 0.1) is 13.2 Å². The van der Waals surface area contributed by atoms with Crippen LogP contribution in [0, 0.1) is 0 Å². The maximum absolute atomic E-state index is 11.6. The van der Waals surface area contributed by atoms with E-state index in [1.54, 1.807) is 11.8 Å². The second-order valence-corrected chi connectivity index (χ2v) is 6.63. The predicted octanol–water partition coefficient (Wildman–Crippen LogP) is -0.0776. The summed E-state index contributed by atoms with van der Waals surface area (Å²) < 4.78 is 33.5. The molecule has 5 nitrogen and oxygen atoms in total. The maximum atomic E-state index is 11.6. The zero-order valence-electron chi connectivity index (χ0n) is 8.70. The Balaban J connectivity index is 1.55. The minimum absolute atomic E-state index is 0.00333. The van der Waals surface area contributed by atoms with Gasteiger partial charge in [-0.15, -0.1) is 11.8 Å². The van der Waals surface area contributed by atoms with Crippen LogP contribution in [0.4, 0.5) is 0 Å². The van der Waals surface area contributed by atoms with Gasteiger partial charge in [0.1, 0.15) is 12.7 Å². The Morgan fingerprint density at radius 1 is 1.25 bits per heavy atom. The molecule has 3 aliphatic rings. The first-order valence-corrected chi connectivity index (χ1v) is 7.73. The molecule has 0 bridgehead atoms. The summed E-state index contributed by atoms with van der Waals surface area (Å²) in [5, 5.41) is -0.00333. The van der Waals surface area contributed by atoms with E-state index in [4.69, 9.17) is 18.9 Å². The fourth-order valence-electron chi connectivity index (χ4n) is 1.98. The molecule has 0 saturated carbocycles. The third kappa shape index (κ3) is 2.22. The smallest absolute Gasteiger partial charge is 0.206 e. The van der Waals surface area contributed by atoms with Crippen molar-refractivity contribution in [3.8, 4) is 0 Å². The lowest BCUT2D eigenvalue weighted by atomic mass is 10.4. The van der Waals surface area contributed by atoms with Crippen molar-refractivity contribution < 1.29 is 23.5 Å². The van der Waals surface area contributed by atoms with Crippen LogP contribution in [0.5, 0.6) is 0 Å². The molecule has 7 heteroatoms. The summed E-state index contributed by atoms with van der Waals surface area (Å²) in [4.78, 5) is 0. The fourth-order valence-corrected chi connectivity index (χ4v) is 4.71. The minimum atomic E-state index is -0.917. The number of rotatable bonds is 2. The van der Waals surface area contributed by atoms with Gasteiger partial charge in [-0.3, -0.25) is 0 Å². The first-order chi connectivity index (χ1) is 7.84. The summed E-state index contributed by atoms with van der Waals surface area (Å²) in [5.41, 5.74) is -0.0406. The summed E-state index contributed by atoms with van der Waals surface area (Å²) >= 11 is 0.766. The van der Waals surface area contributed by atoms with Crippen LogP contribution in [-0.4, -0.2) is 59.1 Å². The molecular weight excluding hydrogens is 252 g/mol. The molecule has 3 heterocycles. The molecule has 16 heavy (non-hydrogen) atoms. The standard InChI is InChI=1S/C9H14O5S2/c10-16-5-11-3-7(16)9-14-6(4-15-9)8-12-1-2-13-8/h6-9H,1-5H2. The fraction of sp³-hybridized carbons (Fsp3) is 1.00. The van der Waals surface area contributed by atoms with Crippen LogP contribution >= 0.6 is 11.8 Å². The lowest BCUT2D eigenvalue weighted by molar-refractivity contribution is -0.133. The number of hydrogen-bond acceptors (Lipinski definition) is 6. The molecule has 0 aromatic heterocycles. The van der Waals surface area contributed by atoms with Gasteiger partial charge < -0.3 is 23.5 Å². The summed E-state index contributed by atoms with van der Waals surface area (Å²) in [5.74, 6) is 1.18. The van der Waals surface area contributed by atoms with Crippen LogP contribution < -0.4 is 0 Å². The molecule has 3 saturated heterocycles. The lowest BCUT2D eigenvalue weighted by Crippen LogP contribution is -2.35. The van der Waals surface area contributed by atoms with E-state index in [1.165, 1.54) is 0 Å². The van der Waals surface area contributed by atoms with Crippen molar-refractivity contribution in [3.63, 3.8) is 0 Å². The highest BCUT2D eigenvalue weighted by Crippen LogP contribution is 2.35.